The van der Waals surface area contributed by atoms with Crippen molar-refractivity contribution in [3.63, 3.8) is 0 Å². The van der Waals surface area contributed by atoms with Gasteiger partial charge in [-0.3, -0.25) is 9.69 Å². The molecule has 2 atom stereocenters. The summed E-state index contributed by atoms with van der Waals surface area (Å²) in [6, 6.07) is 13.8. The smallest absolute Gasteiger partial charge is 0.408 e. The summed E-state index contributed by atoms with van der Waals surface area (Å²) in [4.78, 5) is 29.7. The van der Waals surface area contributed by atoms with Crippen LogP contribution in [0.2, 0.25) is 0 Å². The van der Waals surface area contributed by atoms with Crippen LogP contribution in [0.25, 0.3) is 10.8 Å². The van der Waals surface area contributed by atoms with Crippen LogP contribution in [0.15, 0.2) is 47.7 Å². The van der Waals surface area contributed by atoms with Gasteiger partial charge in [-0.2, -0.15) is 0 Å². The molecule has 2 heterocycles. The molecule has 0 aromatic heterocycles. The van der Waals surface area contributed by atoms with E-state index in [0.29, 0.717) is 6.04 Å². The highest BCUT2D eigenvalue weighted by molar-refractivity contribution is 5.95. The maximum absolute atomic E-state index is 13.4. The van der Waals surface area contributed by atoms with Gasteiger partial charge in [0, 0.05) is 37.9 Å². The number of carbonyl (C=O) groups is 2. The van der Waals surface area contributed by atoms with Gasteiger partial charge in [0.05, 0.1) is 0 Å². The number of piperidine rings is 1. The fourth-order valence-electron chi connectivity index (χ4n) is 5.86. The van der Waals surface area contributed by atoms with E-state index in [-0.39, 0.29) is 11.9 Å². The molecule has 3 aliphatic rings. The van der Waals surface area contributed by atoms with Crippen LogP contribution in [0, 0.1) is 0 Å². The van der Waals surface area contributed by atoms with Gasteiger partial charge in [-0.05, 0) is 67.5 Å². The number of benzene rings is 2. The Morgan fingerprint density at radius 3 is 2.50 bits per heavy atom. The molecule has 1 saturated heterocycles. The van der Waals surface area contributed by atoms with Crippen molar-refractivity contribution in [2.45, 2.75) is 57.7 Å². The Morgan fingerprint density at radius 1 is 1.12 bits per heavy atom. The van der Waals surface area contributed by atoms with E-state index in [1.807, 2.05) is 18.7 Å². The fraction of sp³-hybridized carbons (Fsp3) is 0.462. The van der Waals surface area contributed by atoms with Crippen LogP contribution in [-0.4, -0.2) is 53.6 Å². The SMILES string of the molecule is CNC(=O)OC1(C)C(=O)N(C2CCN(C3Cc4cccc5cccc3c45)CC2)C(C)=C1C. The third-order valence-corrected chi connectivity index (χ3v) is 7.85. The average molecular weight is 434 g/mol. The number of hydrogen-bond acceptors (Lipinski definition) is 4. The predicted octanol–water partition coefficient (Wildman–Crippen LogP) is 4.15. The number of alkyl carbamates (subject to hydrolysis) is 1. The average Bonchev–Trinajstić information content (AvgIpc) is 3.26. The molecule has 2 aromatic carbocycles. The van der Waals surface area contributed by atoms with Crippen molar-refractivity contribution in [3.8, 4) is 0 Å². The molecule has 2 aromatic rings. The number of amides is 2. The van der Waals surface area contributed by atoms with E-state index in [0.717, 1.165) is 43.6 Å². The van der Waals surface area contributed by atoms with Crippen LogP contribution in [-0.2, 0) is 16.0 Å². The van der Waals surface area contributed by atoms with E-state index in [1.54, 1.807) is 6.92 Å². The Bertz CT molecular complexity index is 1130. The molecule has 2 amide bonds. The number of hydrogen-bond donors (Lipinski definition) is 1. The molecule has 0 saturated carbocycles. The van der Waals surface area contributed by atoms with Gasteiger partial charge < -0.3 is 15.0 Å². The lowest BCUT2D eigenvalue weighted by atomic mass is 9.97. The highest BCUT2D eigenvalue weighted by atomic mass is 16.6. The van der Waals surface area contributed by atoms with Gasteiger partial charge in [0.2, 0.25) is 5.60 Å². The summed E-state index contributed by atoms with van der Waals surface area (Å²) < 4.78 is 5.53. The topological polar surface area (TPSA) is 61.9 Å². The van der Waals surface area contributed by atoms with Crippen LogP contribution in [0.3, 0.4) is 0 Å². The molecule has 1 N–H and O–H groups in total. The summed E-state index contributed by atoms with van der Waals surface area (Å²) in [5.74, 6) is -0.132. The van der Waals surface area contributed by atoms with Crippen LogP contribution < -0.4 is 5.32 Å². The number of nitrogens with zero attached hydrogens (tertiary/aromatic N) is 2. The summed E-state index contributed by atoms with van der Waals surface area (Å²) in [6.45, 7) is 7.45. The van der Waals surface area contributed by atoms with E-state index < -0.39 is 11.7 Å². The molecule has 2 aliphatic heterocycles. The Balaban J connectivity index is 1.31. The highest BCUT2D eigenvalue weighted by Crippen LogP contribution is 2.43. The van der Waals surface area contributed by atoms with Crippen molar-refractivity contribution in [1.29, 1.82) is 0 Å². The highest BCUT2D eigenvalue weighted by Gasteiger charge is 2.51. The molecule has 5 rings (SSSR count). The van der Waals surface area contributed by atoms with Crippen molar-refractivity contribution < 1.29 is 14.3 Å². The van der Waals surface area contributed by atoms with Gasteiger partial charge in [-0.25, -0.2) is 4.79 Å². The summed E-state index contributed by atoms with van der Waals surface area (Å²) in [6.07, 6.45) is 2.30. The van der Waals surface area contributed by atoms with Crippen LogP contribution >= 0.6 is 0 Å². The Hall–Kier alpha value is -2.86. The standard InChI is InChI=1S/C26H31N3O3/c1-16-17(2)29(24(30)26(16,3)32-25(31)27-4)20-11-13-28(14-12-20)22-15-19-9-5-7-18-8-6-10-21(22)23(18)19/h5-10,20,22H,11-15H2,1-4H3,(H,27,31). The molecular formula is C26H31N3O3. The second-order valence-electron chi connectivity index (χ2n) is 9.41. The number of carbonyl (C=O) groups excluding carboxylic acids is 2. The largest absolute Gasteiger partial charge is 0.428 e. The molecule has 0 spiro atoms. The lowest BCUT2D eigenvalue weighted by molar-refractivity contribution is -0.143. The molecule has 0 bridgehead atoms. The second kappa shape index (κ2) is 7.62. The molecule has 1 fully saturated rings. The zero-order chi connectivity index (χ0) is 22.6. The van der Waals surface area contributed by atoms with Gasteiger partial charge in [0.1, 0.15) is 0 Å². The van der Waals surface area contributed by atoms with E-state index in [2.05, 4.69) is 46.6 Å². The minimum absolute atomic E-state index is 0.128. The Labute approximate surface area is 189 Å². The number of rotatable bonds is 3. The van der Waals surface area contributed by atoms with Crippen LogP contribution in [0.5, 0.6) is 0 Å². The summed E-state index contributed by atoms with van der Waals surface area (Å²) in [7, 11) is 1.51. The molecule has 1 aliphatic carbocycles. The fourth-order valence-corrected chi connectivity index (χ4v) is 5.86. The maximum atomic E-state index is 13.4. The van der Waals surface area contributed by atoms with Gasteiger partial charge in [0.25, 0.3) is 5.91 Å². The predicted molar refractivity (Wildman–Crippen MR) is 124 cm³/mol. The Morgan fingerprint density at radius 2 is 1.81 bits per heavy atom. The third-order valence-electron chi connectivity index (χ3n) is 7.85. The van der Waals surface area contributed by atoms with E-state index in [4.69, 9.17) is 4.74 Å². The molecule has 168 valence electrons. The van der Waals surface area contributed by atoms with Crippen molar-refractivity contribution in [2.75, 3.05) is 20.1 Å². The lowest BCUT2D eigenvalue weighted by Gasteiger charge is -2.40. The maximum Gasteiger partial charge on any atom is 0.408 e. The third kappa shape index (κ3) is 3.04. The molecule has 0 radical (unpaired) electrons. The molecule has 6 nitrogen and oxygen atoms in total. The number of nitrogens with one attached hydrogen (secondary N) is 1. The summed E-state index contributed by atoms with van der Waals surface area (Å²) >= 11 is 0. The second-order valence-corrected chi connectivity index (χ2v) is 9.41. The minimum atomic E-state index is -1.23. The zero-order valence-corrected chi connectivity index (χ0v) is 19.3. The van der Waals surface area contributed by atoms with Crippen molar-refractivity contribution in [2.24, 2.45) is 0 Å². The van der Waals surface area contributed by atoms with Gasteiger partial charge in [0.15, 0.2) is 0 Å². The van der Waals surface area contributed by atoms with Crippen molar-refractivity contribution in [3.05, 3.63) is 58.8 Å². The van der Waals surface area contributed by atoms with E-state index in [9.17, 15) is 9.59 Å². The van der Waals surface area contributed by atoms with E-state index >= 15 is 0 Å². The summed E-state index contributed by atoms with van der Waals surface area (Å²) in [5.41, 5.74) is 3.37. The van der Waals surface area contributed by atoms with Gasteiger partial charge in [-0.1, -0.05) is 36.4 Å². The van der Waals surface area contributed by atoms with E-state index in [1.165, 1.54) is 28.9 Å². The van der Waals surface area contributed by atoms with Crippen molar-refractivity contribution in [1.82, 2.24) is 15.1 Å². The van der Waals surface area contributed by atoms with Crippen LogP contribution in [0.1, 0.15) is 50.8 Å². The lowest BCUT2D eigenvalue weighted by Crippen LogP contribution is -2.51. The molecule has 2 unspecified atom stereocenters. The molecule has 6 heteroatoms. The monoisotopic (exact) mass is 433 g/mol. The van der Waals surface area contributed by atoms with Crippen molar-refractivity contribution >= 4 is 22.8 Å². The van der Waals surface area contributed by atoms with Crippen LogP contribution in [0.4, 0.5) is 4.79 Å². The quantitative estimate of drug-likeness (QED) is 0.790. The molecular weight excluding hydrogens is 402 g/mol. The number of likely N-dealkylation sites (tertiary alicyclic amines) is 1. The van der Waals surface area contributed by atoms with Gasteiger partial charge in [-0.15, -0.1) is 0 Å². The van der Waals surface area contributed by atoms with Gasteiger partial charge >= 0.3 is 6.09 Å². The Kier molecular flexibility index (Phi) is 5.01. The zero-order valence-electron chi connectivity index (χ0n) is 19.3. The number of ether oxygens (including phenoxy) is 1. The normalized spacial score (nSPS) is 26.3. The number of allylic oxidation sites excluding steroid dienone is 1. The minimum Gasteiger partial charge on any atom is -0.428 e. The first kappa shape index (κ1) is 21.0. The first-order valence-corrected chi connectivity index (χ1v) is 11.5. The first-order valence-electron chi connectivity index (χ1n) is 11.5. The summed E-state index contributed by atoms with van der Waals surface area (Å²) in [5, 5.41) is 5.21. The first-order chi connectivity index (χ1) is 15.3. The molecule has 32 heavy (non-hydrogen) atoms.